The number of hydrogen-bond acceptors (Lipinski definition) is 4. The van der Waals surface area contributed by atoms with Crippen LogP contribution < -0.4 is 9.47 Å². The molecule has 0 bridgehead atoms. The van der Waals surface area contributed by atoms with Crippen LogP contribution in [-0.4, -0.2) is 33.5 Å². The van der Waals surface area contributed by atoms with E-state index in [2.05, 4.69) is 0 Å². The first kappa shape index (κ1) is 18.9. The Kier molecular flexibility index (Phi) is 5.41. The largest absolute Gasteiger partial charge is 0.497 e. The number of sulfonamides is 1. The molecule has 1 aliphatic heterocycles. The first-order valence-corrected chi connectivity index (χ1v) is 9.89. The van der Waals surface area contributed by atoms with Crippen molar-refractivity contribution in [2.24, 2.45) is 0 Å². The van der Waals surface area contributed by atoms with Crippen LogP contribution in [0.2, 0.25) is 5.02 Å². The monoisotopic (exact) mass is 399 g/mol. The van der Waals surface area contributed by atoms with Crippen LogP contribution >= 0.6 is 11.6 Å². The molecule has 5 nitrogen and oxygen atoms in total. The highest BCUT2D eigenvalue weighted by Crippen LogP contribution is 2.41. The molecule has 0 spiro atoms. The van der Waals surface area contributed by atoms with Gasteiger partial charge in [0.05, 0.1) is 30.2 Å². The Labute approximate surface area is 157 Å². The highest BCUT2D eigenvalue weighted by atomic mass is 35.5. The van der Waals surface area contributed by atoms with Crippen molar-refractivity contribution in [2.45, 2.75) is 23.8 Å². The Morgan fingerprint density at radius 1 is 1.15 bits per heavy atom. The van der Waals surface area contributed by atoms with Gasteiger partial charge in [0.1, 0.15) is 17.3 Å². The first-order valence-electron chi connectivity index (χ1n) is 8.07. The number of methoxy groups -OCH3 is 2. The average molecular weight is 400 g/mol. The average Bonchev–Trinajstić information content (AvgIpc) is 3.13. The minimum Gasteiger partial charge on any atom is -0.497 e. The minimum atomic E-state index is -3.82. The van der Waals surface area contributed by atoms with E-state index in [0.717, 1.165) is 17.7 Å². The van der Waals surface area contributed by atoms with Crippen LogP contribution in [0.3, 0.4) is 0 Å². The third-order valence-corrected chi connectivity index (χ3v) is 6.69. The minimum absolute atomic E-state index is 0.0247. The van der Waals surface area contributed by atoms with Crippen molar-refractivity contribution < 1.29 is 22.3 Å². The van der Waals surface area contributed by atoms with Gasteiger partial charge >= 0.3 is 0 Å². The molecule has 0 amide bonds. The molecule has 1 heterocycles. The van der Waals surface area contributed by atoms with Gasteiger partial charge in [-0.1, -0.05) is 17.7 Å². The number of nitrogens with zero attached hydrogens (tertiary/aromatic N) is 1. The first-order chi connectivity index (χ1) is 12.4. The van der Waals surface area contributed by atoms with Crippen molar-refractivity contribution in [3.05, 3.63) is 52.8 Å². The molecule has 140 valence electrons. The van der Waals surface area contributed by atoms with E-state index in [1.165, 1.54) is 17.5 Å². The van der Waals surface area contributed by atoms with E-state index in [1.807, 2.05) is 6.07 Å². The Balaban J connectivity index is 2.01. The van der Waals surface area contributed by atoms with Crippen molar-refractivity contribution in [2.75, 3.05) is 20.8 Å². The number of benzene rings is 2. The summed E-state index contributed by atoms with van der Waals surface area (Å²) in [6.45, 7) is 0.372. The van der Waals surface area contributed by atoms with Gasteiger partial charge in [-0.3, -0.25) is 0 Å². The van der Waals surface area contributed by atoms with Crippen LogP contribution in [0.4, 0.5) is 4.39 Å². The Hall–Kier alpha value is -1.83. The molecule has 1 fully saturated rings. The topological polar surface area (TPSA) is 55.8 Å². The number of rotatable bonds is 5. The number of ether oxygens (including phenoxy) is 2. The summed E-state index contributed by atoms with van der Waals surface area (Å²) in [5.41, 5.74) is 0.766. The summed E-state index contributed by atoms with van der Waals surface area (Å²) in [4.78, 5) is -0.0247. The van der Waals surface area contributed by atoms with Crippen LogP contribution in [0, 0.1) is 5.82 Å². The van der Waals surface area contributed by atoms with Crippen LogP contribution in [0.1, 0.15) is 24.4 Å². The van der Waals surface area contributed by atoms with Crippen molar-refractivity contribution in [3.8, 4) is 11.5 Å². The summed E-state index contributed by atoms with van der Waals surface area (Å²) in [6, 6.07) is 8.39. The Bertz CT molecular complexity index is 919. The molecule has 2 aromatic carbocycles. The standard InChI is InChI=1S/C18H19ClFNO4S/c1-24-12-5-7-14(18(10-12)25-2)17-4-3-9-21(17)26(22,23)13-6-8-16(20)15(19)11-13/h5-8,10-11,17H,3-4,9H2,1-2H3. The Morgan fingerprint density at radius 2 is 1.92 bits per heavy atom. The highest BCUT2D eigenvalue weighted by molar-refractivity contribution is 7.89. The number of hydrogen-bond donors (Lipinski definition) is 0. The zero-order valence-corrected chi connectivity index (χ0v) is 16.0. The van der Waals surface area contributed by atoms with Gasteiger partial charge in [0.15, 0.2) is 0 Å². The Morgan fingerprint density at radius 3 is 2.58 bits per heavy atom. The summed E-state index contributed by atoms with van der Waals surface area (Å²) in [7, 11) is -0.732. The van der Waals surface area contributed by atoms with E-state index < -0.39 is 15.8 Å². The maximum atomic E-state index is 13.4. The fraction of sp³-hybridized carbons (Fsp3) is 0.333. The molecule has 0 aromatic heterocycles. The van der Waals surface area contributed by atoms with E-state index >= 15 is 0 Å². The lowest BCUT2D eigenvalue weighted by molar-refractivity contribution is 0.361. The van der Waals surface area contributed by atoms with E-state index in [9.17, 15) is 12.8 Å². The van der Waals surface area contributed by atoms with Gasteiger partial charge < -0.3 is 9.47 Å². The second-order valence-corrected chi connectivity index (χ2v) is 8.26. The molecule has 1 atom stereocenters. The molecular formula is C18H19ClFNO4S. The second-order valence-electron chi connectivity index (χ2n) is 5.96. The van der Waals surface area contributed by atoms with Crippen LogP contribution in [0.15, 0.2) is 41.3 Å². The molecule has 1 aliphatic rings. The summed E-state index contributed by atoms with van der Waals surface area (Å²) in [5, 5.41) is -0.219. The van der Waals surface area contributed by atoms with E-state index in [1.54, 1.807) is 19.2 Å². The second kappa shape index (κ2) is 7.42. The lowest BCUT2D eigenvalue weighted by atomic mass is 10.0. The molecule has 1 unspecified atom stereocenters. The molecule has 1 saturated heterocycles. The molecule has 0 N–H and O–H groups in total. The van der Waals surface area contributed by atoms with Gasteiger partial charge in [0, 0.05) is 18.2 Å². The van der Waals surface area contributed by atoms with Gasteiger partial charge in [-0.25, -0.2) is 12.8 Å². The van der Waals surface area contributed by atoms with Crippen molar-refractivity contribution in [1.82, 2.24) is 4.31 Å². The fourth-order valence-corrected chi connectivity index (χ4v) is 5.15. The normalized spacial score (nSPS) is 18.1. The maximum absolute atomic E-state index is 13.4. The molecule has 2 aromatic rings. The van der Waals surface area contributed by atoms with Gasteiger partial charge in [-0.05, 0) is 37.1 Å². The zero-order chi connectivity index (χ0) is 18.9. The van der Waals surface area contributed by atoms with Crippen molar-refractivity contribution in [1.29, 1.82) is 0 Å². The van der Waals surface area contributed by atoms with Crippen LogP contribution in [0.25, 0.3) is 0 Å². The smallest absolute Gasteiger partial charge is 0.243 e. The van der Waals surface area contributed by atoms with Crippen molar-refractivity contribution in [3.63, 3.8) is 0 Å². The van der Waals surface area contributed by atoms with Crippen LogP contribution in [0.5, 0.6) is 11.5 Å². The van der Waals surface area contributed by atoms with E-state index in [0.29, 0.717) is 30.9 Å². The summed E-state index contributed by atoms with van der Waals surface area (Å²) in [6.07, 6.45) is 1.38. The zero-order valence-electron chi connectivity index (χ0n) is 14.4. The third-order valence-electron chi connectivity index (χ3n) is 4.50. The van der Waals surface area contributed by atoms with E-state index in [-0.39, 0.29) is 16.0 Å². The van der Waals surface area contributed by atoms with Crippen molar-refractivity contribution >= 4 is 21.6 Å². The number of halogens is 2. The van der Waals surface area contributed by atoms with Gasteiger partial charge in [-0.15, -0.1) is 0 Å². The fourth-order valence-electron chi connectivity index (χ4n) is 3.21. The highest BCUT2D eigenvalue weighted by Gasteiger charge is 2.37. The SMILES string of the molecule is COc1ccc(C2CCCN2S(=O)(=O)c2ccc(F)c(Cl)c2)c(OC)c1. The van der Waals surface area contributed by atoms with Gasteiger partial charge in [0.25, 0.3) is 0 Å². The molecular weight excluding hydrogens is 381 g/mol. The predicted molar refractivity (Wildman–Crippen MR) is 96.8 cm³/mol. The van der Waals surface area contributed by atoms with Gasteiger partial charge in [-0.2, -0.15) is 4.31 Å². The lowest BCUT2D eigenvalue weighted by Gasteiger charge is -2.26. The molecule has 26 heavy (non-hydrogen) atoms. The summed E-state index contributed by atoms with van der Waals surface area (Å²) in [5.74, 6) is 0.539. The lowest BCUT2D eigenvalue weighted by Crippen LogP contribution is -2.31. The summed E-state index contributed by atoms with van der Waals surface area (Å²) >= 11 is 5.77. The predicted octanol–water partition coefficient (Wildman–Crippen LogP) is 4.02. The maximum Gasteiger partial charge on any atom is 0.243 e. The third kappa shape index (κ3) is 3.39. The van der Waals surface area contributed by atoms with E-state index in [4.69, 9.17) is 21.1 Å². The molecule has 3 rings (SSSR count). The molecule has 0 aliphatic carbocycles. The quantitative estimate of drug-likeness (QED) is 0.761. The van der Waals surface area contributed by atoms with Gasteiger partial charge in [0.2, 0.25) is 10.0 Å². The molecule has 0 radical (unpaired) electrons. The van der Waals surface area contributed by atoms with Crippen LogP contribution in [-0.2, 0) is 10.0 Å². The summed E-state index contributed by atoms with van der Waals surface area (Å²) < 4.78 is 51.6. The molecule has 0 saturated carbocycles. The molecule has 8 heteroatoms.